The largest absolute Gasteiger partial charge is 0.393 e. The van der Waals surface area contributed by atoms with E-state index in [1.165, 1.54) is 0 Å². The van der Waals surface area contributed by atoms with E-state index in [2.05, 4.69) is 4.74 Å². The second kappa shape index (κ2) is 7.54. The summed E-state index contributed by atoms with van der Waals surface area (Å²) in [6, 6.07) is 0. The number of esters is 2. The van der Waals surface area contributed by atoms with E-state index in [0.29, 0.717) is 18.8 Å². The fourth-order valence-corrected chi connectivity index (χ4v) is 0.957. The molecule has 0 spiro atoms. The molecule has 0 heterocycles. The van der Waals surface area contributed by atoms with Crippen LogP contribution in [0.1, 0.15) is 52.9 Å². The molecule has 14 heavy (non-hydrogen) atoms. The number of ether oxygens (including phenoxy) is 1. The van der Waals surface area contributed by atoms with Gasteiger partial charge in [-0.1, -0.05) is 27.2 Å². The first-order valence-electron chi connectivity index (χ1n) is 5.29. The number of unbranched alkanes of at least 4 members (excludes halogenated alkanes) is 1. The van der Waals surface area contributed by atoms with Gasteiger partial charge < -0.3 is 4.74 Å². The van der Waals surface area contributed by atoms with Gasteiger partial charge in [-0.25, -0.2) is 0 Å². The Morgan fingerprint density at radius 1 is 1.14 bits per heavy atom. The summed E-state index contributed by atoms with van der Waals surface area (Å²) in [5, 5.41) is 0. The number of carbonyl (C=O) groups excluding carboxylic acids is 2. The third kappa shape index (κ3) is 7.77. The average Bonchev–Trinajstić information content (AvgIpc) is 2.11. The van der Waals surface area contributed by atoms with Crippen molar-refractivity contribution < 1.29 is 14.3 Å². The van der Waals surface area contributed by atoms with Gasteiger partial charge in [-0.15, -0.1) is 0 Å². The minimum absolute atomic E-state index is 0.343. The molecule has 0 bridgehead atoms. The van der Waals surface area contributed by atoms with Crippen LogP contribution in [0.3, 0.4) is 0 Å². The molecule has 0 atom stereocenters. The molecule has 0 aliphatic carbocycles. The number of carbonyl (C=O) groups is 2. The highest BCUT2D eigenvalue weighted by Crippen LogP contribution is 2.05. The van der Waals surface area contributed by atoms with Gasteiger partial charge in [0.25, 0.3) is 0 Å². The zero-order valence-electron chi connectivity index (χ0n) is 9.34. The standard InChI is InChI=1S/C11H20O3/c1-4-5-6-10(12)14-11(13)8-7-9(2)3/h9H,4-8H2,1-3H3. The second-order valence-corrected chi connectivity index (χ2v) is 3.88. The van der Waals surface area contributed by atoms with Crippen LogP contribution in [0, 0.1) is 5.92 Å². The Hall–Kier alpha value is -0.860. The summed E-state index contributed by atoms with van der Waals surface area (Å²) < 4.78 is 4.62. The SMILES string of the molecule is CCCCC(=O)OC(=O)CCC(C)C. The van der Waals surface area contributed by atoms with Crippen molar-refractivity contribution >= 4 is 11.9 Å². The average molecular weight is 200 g/mol. The molecule has 0 amide bonds. The van der Waals surface area contributed by atoms with Crippen LogP contribution < -0.4 is 0 Å². The Bertz CT molecular complexity index is 185. The van der Waals surface area contributed by atoms with Crippen molar-refractivity contribution in [3.05, 3.63) is 0 Å². The van der Waals surface area contributed by atoms with Crippen molar-refractivity contribution in [2.24, 2.45) is 5.92 Å². The fraction of sp³-hybridized carbons (Fsp3) is 0.818. The lowest BCUT2D eigenvalue weighted by molar-refractivity contribution is -0.159. The van der Waals surface area contributed by atoms with Gasteiger partial charge in [-0.05, 0) is 18.8 Å². The van der Waals surface area contributed by atoms with Gasteiger partial charge in [0.15, 0.2) is 0 Å². The summed E-state index contributed by atoms with van der Waals surface area (Å²) in [6.07, 6.45) is 3.20. The molecule has 0 aliphatic heterocycles. The summed E-state index contributed by atoms with van der Waals surface area (Å²) in [7, 11) is 0. The van der Waals surface area contributed by atoms with E-state index in [1.54, 1.807) is 0 Å². The van der Waals surface area contributed by atoms with E-state index in [-0.39, 0.29) is 11.9 Å². The van der Waals surface area contributed by atoms with Crippen molar-refractivity contribution in [3.8, 4) is 0 Å². The normalized spacial score (nSPS) is 10.3. The first-order chi connectivity index (χ1) is 6.56. The van der Waals surface area contributed by atoms with Gasteiger partial charge in [0.1, 0.15) is 0 Å². The van der Waals surface area contributed by atoms with Crippen LogP contribution in [0.15, 0.2) is 0 Å². The third-order valence-electron chi connectivity index (χ3n) is 1.89. The van der Waals surface area contributed by atoms with Gasteiger partial charge >= 0.3 is 11.9 Å². The molecule has 0 aromatic carbocycles. The van der Waals surface area contributed by atoms with Gasteiger partial charge in [0.2, 0.25) is 0 Å². The second-order valence-electron chi connectivity index (χ2n) is 3.88. The molecular weight excluding hydrogens is 180 g/mol. The van der Waals surface area contributed by atoms with Gasteiger partial charge in [0.05, 0.1) is 0 Å². The quantitative estimate of drug-likeness (QED) is 0.489. The minimum atomic E-state index is -0.389. The topological polar surface area (TPSA) is 43.4 Å². The summed E-state index contributed by atoms with van der Waals surface area (Å²) in [5.41, 5.74) is 0. The Balaban J connectivity index is 3.55. The molecule has 0 rings (SSSR count). The van der Waals surface area contributed by atoms with Crippen molar-refractivity contribution in [3.63, 3.8) is 0 Å². The predicted octanol–water partition coefficient (Wildman–Crippen LogP) is 2.68. The maximum absolute atomic E-state index is 11.1. The van der Waals surface area contributed by atoms with Crippen LogP contribution in [0.25, 0.3) is 0 Å². The summed E-state index contributed by atoms with van der Waals surface area (Å²) in [4.78, 5) is 22.1. The lowest BCUT2D eigenvalue weighted by Crippen LogP contribution is -2.12. The molecule has 0 fully saturated rings. The Labute approximate surface area is 85.8 Å². The zero-order valence-corrected chi connectivity index (χ0v) is 9.34. The summed E-state index contributed by atoms with van der Waals surface area (Å²) in [5.74, 6) is -0.311. The molecule has 0 aromatic rings. The first kappa shape index (κ1) is 13.1. The summed E-state index contributed by atoms with van der Waals surface area (Å²) >= 11 is 0. The Morgan fingerprint density at radius 3 is 2.21 bits per heavy atom. The molecule has 0 N–H and O–H groups in total. The Kier molecular flexibility index (Phi) is 7.07. The summed E-state index contributed by atoms with van der Waals surface area (Å²) in [6.45, 7) is 6.06. The molecule has 0 saturated heterocycles. The molecular formula is C11H20O3. The van der Waals surface area contributed by atoms with E-state index in [1.807, 2.05) is 20.8 Å². The number of hydrogen-bond acceptors (Lipinski definition) is 3. The van der Waals surface area contributed by atoms with Crippen molar-refractivity contribution in [2.45, 2.75) is 52.9 Å². The van der Waals surface area contributed by atoms with Crippen LogP contribution in [0.5, 0.6) is 0 Å². The molecule has 3 heteroatoms. The number of rotatable bonds is 6. The monoisotopic (exact) mass is 200 g/mol. The van der Waals surface area contributed by atoms with E-state index in [4.69, 9.17) is 0 Å². The van der Waals surface area contributed by atoms with Crippen molar-refractivity contribution in [2.75, 3.05) is 0 Å². The molecule has 0 radical (unpaired) electrons. The van der Waals surface area contributed by atoms with Gasteiger partial charge in [-0.3, -0.25) is 9.59 Å². The van der Waals surface area contributed by atoms with E-state index >= 15 is 0 Å². The Morgan fingerprint density at radius 2 is 1.71 bits per heavy atom. The fourth-order valence-electron chi connectivity index (χ4n) is 0.957. The van der Waals surface area contributed by atoms with Crippen molar-refractivity contribution in [1.29, 1.82) is 0 Å². The van der Waals surface area contributed by atoms with Crippen LogP contribution in [0.2, 0.25) is 0 Å². The highest BCUT2D eigenvalue weighted by atomic mass is 16.6. The van der Waals surface area contributed by atoms with Crippen LogP contribution in [-0.2, 0) is 14.3 Å². The maximum atomic E-state index is 11.1. The van der Waals surface area contributed by atoms with Gasteiger partial charge in [-0.2, -0.15) is 0 Å². The van der Waals surface area contributed by atoms with Crippen LogP contribution >= 0.6 is 0 Å². The molecule has 82 valence electrons. The molecule has 0 unspecified atom stereocenters. The van der Waals surface area contributed by atoms with E-state index < -0.39 is 0 Å². The highest BCUT2D eigenvalue weighted by Gasteiger charge is 2.10. The van der Waals surface area contributed by atoms with Gasteiger partial charge in [0, 0.05) is 12.8 Å². The molecule has 3 nitrogen and oxygen atoms in total. The predicted molar refractivity (Wildman–Crippen MR) is 54.7 cm³/mol. The van der Waals surface area contributed by atoms with Crippen LogP contribution in [0.4, 0.5) is 0 Å². The molecule has 0 aliphatic rings. The van der Waals surface area contributed by atoms with E-state index in [0.717, 1.165) is 19.3 Å². The first-order valence-corrected chi connectivity index (χ1v) is 5.29. The minimum Gasteiger partial charge on any atom is -0.393 e. The molecule has 0 saturated carbocycles. The molecule has 0 aromatic heterocycles. The highest BCUT2D eigenvalue weighted by molar-refractivity contribution is 5.85. The maximum Gasteiger partial charge on any atom is 0.313 e. The van der Waals surface area contributed by atoms with Crippen LogP contribution in [-0.4, -0.2) is 11.9 Å². The smallest absolute Gasteiger partial charge is 0.313 e. The lowest BCUT2D eigenvalue weighted by Gasteiger charge is -2.04. The third-order valence-corrected chi connectivity index (χ3v) is 1.89. The number of hydrogen-bond donors (Lipinski definition) is 0. The lowest BCUT2D eigenvalue weighted by atomic mass is 10.1. The van der Waals surface area contributed by atoms with E-state index in [9.17, 15) is 9.59 Å². The van der Waals surface area contributed by atoms with Crippen molar-refractivity contribution in [1.82, 2.24) is 0 Å². The zero-order chi connectivity index (χ0) is 11.0.